The van der Waals surface area contributed by atoms with Gasteiger partial charge in [0.2, 0.25) is 0 Å². The van der Waals surface area contributed by atoms with Crippen LogP contribution in [0.2, 0.25) is 0 Å². The highest BCUT2D eigenvalue weighted by Gasteiger charge is 2.49. The fraction of sp³-hybridized carbons (Fsp3) is 0.688. The van der Waals surface area contributed by atoms with E-state index in [0.29, 0.717) is 12.8 Å². The lowest BCUT2D eigenvalue weighted by Crippen LogP contribution is -2.61. The van der Waals surface area contributed by atoms with Crippen molar-refractivity contribution in [2.24, 2.45) is 0 Å². The van der Waals surface area contributed by atoms with Gasteiger partial charge in [-0.3, -0.25) is 14.4 Å². The third-order valence-electron chi connectivity index (χ3n) is 3.47. The zero-order valence-electron chi connectivity index (χ0n) is 14.1. The van der Waals surface area contributed by atoms with Crippen molar-refractivity contribution >= 4 is 17.9 Å². The normalized spacial score (nSPS) is 29.4. The van der Waals surface area contributed by atoms with Crippen LogP contribution >= 0.6 is 0 Å². The van der Waals surface area contributed by atoms with E-state index in [9.17, 15) is 19.5 Å². The second-order valence-electron chi connectivity index (χ2n) is 5.52. The fourth-order valence-electron chi connectivity index (χ4n) is 2.51. The van der Waals surface area contributed by atoms with Crippen molar-refractivity contribution in [1.82, 2.24) is 0 Å². The number of hydrogen-bond acceptors (Lipinski definition) is 8. The van der Waals surface area contributed by atoms with E-state index in [-0.39, 0.29) is 6.61 Å². The lowest BCUT2D eigenvalue weighted by molar-refractivity contribution is -0.247. The molecule has 0 saturated carbocycles. The fourth-order valence-corrected chi connectivity index (χ4v) is 2.51. The Bertz CT molecular complexity index is 475. The number of aliphatic hydroxyl groups excluding tert-OH is 1. The topological polar surface area (TPSA) is 108 Å². The molecule has 0 bridgehead atoms. The Labute approximate surface area is 140 Å². The number of carbonyl (C=O) groups is 3. The van der Waals surface area contributed by atoms with Crippen LogP contribution in [0.4, 0.5) is 0 Å². The summed E-state index contributed by atoms with van der Waals surface area (Å²) in [7, 11) is 0. The van der Waals surface area contributed by atoms with Crippen LogP contribution in [0, 0.1) is 0 Å². The molecule has 8 nitrogen and oxygen atoms in total. The highest BCUT2D eigenvalue weighted by atomic mass is 16.6. The second kappa shape index (κ2) is 9.39. The maximum Gasteiger partial charge on any atom is 0.303 e. The molecule has 1 saturated heterocycles. The molecule has 0 aromatic carbocycles. The van der Waals surface area contributed by atoms with Gasteiger partial charge in [0.25, 0.3) is 0 Å². The number of hydrogen-bond donors (Lipinski definition) is 1. The van der Waals surface area contributed by atoms with Crippen molar-refractivity contribution in [2.45, 2.75) is 64.1 Å². The number of ether oxygens (including phenoxy) is 4. The molecule has 8 heteroatoms. The van der Waals surface area contributed by atoms with Crippen molar-refractivity contribution in [1.29, 1.82) is 0 Å². The molecule has 1 rings (SSSR count). The van der Waals surface area contributed by atoms with Crippen LogP contribution in [-0.4, -0.2) is 60.1 Å². The van der Waals surface area contributed by atoms with Gasteiger partial charge in [0, 0.05) is 20.8 Å². The Morgan fingerprint density at radius 3 is 2.12 bits per heavy atom. The molecule has 0 aliphatic carbocycles. The summed E-state index contributed by atoms with van der Waals surface area (Å²) in [6.07, 6.45) is -2.27. The maximum absolute atomic E-state index is 11.4. The van der Waals surface area contributed by atoms with Gasteiger partial charge in [-0.1, -0.05) is 6.08 Å². The van der Waals surface area contributed by atoms with Crippen molar-refractivity contribution in [3.63, 3.8) is 0 Å². The third-order valence-corrected chi connectivity index (χ3v) is 3.47. The number of carbonyl (C=O) groups excluding carboxylic acids is 3. The molecule has 1 aliphatic rings. The minimum absolute atomic E-state index is 0.203. The lowest BCUT2D eigenvalue weighted by Gasteiger charge is -2.43. The average Bonchev–Trinajstić information content (AvgIpc) is 2.48. The molecular formula is C16H24O8. The minimum Gasteiger partial charge on any atom is -0.463 e. The molecule has 1 N–H and O–H groups in total. The molecule has 0 aromatic heterocycles. The summed E-state index contributed by atoms with van der Waals surface area (Å²) in [5, 5.41) is 10.4. The van der Waals surface area contributed by atoms with Crippen LogP contribution in [-0.2, 0) is 33.3 Å². The van der Waals surface area contributed by atoms with E-state index < -0.39 is 48.4 Å². The molecule has 1 aliphatic heterocycles. The largest absolute Gasteiger partial charge is 0.463 e. The molecule has 24 heavy (non-hydrogen) atoms. The van der Waals surface area contributed by atoms with Gasteiger partial charge in [-0.15, -0.1) is 6.58 Å². The molecule has 136 valence electrons. The van der Waals surface area contributed by atoms with E-state index in [0.717, 1.165) is 0 Å². The summed E-state index contributed by atoms with van der Waals surface area (Å²) in [4.78, 5) is 33.7. The van der Waals surface area contributed by atoms with E-state index in [4.69, 9.17) is 18.9 Å². The summed E-state index contributed by atoms with van der Waals surface area (Å²) < 4.78 is 21.0. The van der Waals surface area contributed by atoms with Crippen LogP contribution < -0.4 is 0 Å². The van der Waals surface area contributed by atoms with Crippen LogP contribution in [0.1, 0.15) is 33.6 Å². The van der Waals surface area contributed by atoms with E-state index in [1.54, 1.807) is 6.08 Å². The summed E-state index contributed by atoms with van der Waals surface area (Å²) in [6.45, 7) is 7.06. The summed E-state index contributed by atoms with van der Waals surface area (Å²) in [6, 6.07) is 0. The average molecular weight is 344 g/mol. The van der Waals surface area contributed by atoms with E-state index >= 15 is 0 Å². The van der Waals surface area contributed by atoms with Gasteiger partial charge in [0.15, 0.2) is 12.2 Å². The first-order chi connectivity index (χ1) is 11.3. The van der Waals surface area contributed by atoms with Gasteiger partial charge in [-0.05, 0) is 12.8 Å². The van der Waals surface area contributed by atoms with Crippen LogP contribution in [0.5, 0.6) is 0 Å². The predicted octanol–water partition coefficient (Wildman–Crippen LogP) is 0.507. The number of allylic oxidation sites excluding steroid dienone is 1. The Kier molecular flexibility index (Phi) is 7.87. The standard InChI is InChI=1S/C16H24O8/c1-5-6-7-12-15(22-10(3)18)16(23-11(4)19)14(20)13(24-12)8-21-9(2)17/h5,12-16,20H,1,6-8H2,2-4H3/t12-,13+,14+,15-,16-/m0/s1. The van der Waals surface area contributed by atoms with Crippen LogP contribution in [0.15, 0.2) is 12.7 Å². The van der Waals surface area contributed by atoms with Gasteiger partial charge >= 0.3 is 17.9 Å². The predicted molar refractivity (Wildman–Crippen MR) is 81.8 cm³/mol. The first-order valence-corrected chi connectivity index (χ1v) is 7.68. The first kappa shape index (κ1) is 20.1. The smallest absolute Gasteiger partial charge is 0.303 e. The van der Waals surface area contributed by atoms with Gasteiger partial charge in [0.1, 0.15) is 18.8 Å². The van der Waals surface area contributed by atoms with Gasteiger partial charge in [0.05, 0.1) is 6.10 Å². The second-order valence-corrected chi connectivity index (χ2v) is 5.52. The molecule has 1 heterocycles. The van der Waals surface area contributed by atoms with E-state index in [1.807, 2.05) is 0 Å². The lowest BCUT2D eigenvalue weighted by atomic mass is 9.92. The molecule has 0 amide bonds. The number of esters is 3. The van der Waals surface area contributed by atoms with Crippen molar-refractivity contribution < 1.29 is 38.4 Å². The SMILES string of the molecule is C=CCC[C@@H]1O[C@H](COC(C)=O)[C@@H](O)[C@H](OC(C)=O)[C@H]1OC(C)=O. The summed E-state index contributed by atoms with van der Waals surface area (Å²) >= 11 is 0. The third kappa shape index (κ3) is 5.93. The Hall–Kier alpha value is -1.93. The highest BCUT2D eigenvalue weighted by Crippen LogP contribution is 2.29. The van der Waals surface area contributed by atoms with Gasteiger partial charge in [-0.2, -0.15) is 0 Å². The minimum atomic E-state index is -1.31. The Morgan fingerprint density at radius 1 is 1.04 bits per heavy atom. The van der Waals surface area contributed by atoms with Crippen LogP contribution in [0.25, 0.3) is 0 Å². The monoisotopic (exact) mass is 344 g/mol. The zero-order chi connectivity index (χ0) is 18.3. The molecule has 0 aromatic rings. The van der Waals surface area contributed by atoms with Crippen molar-refractivity contribution in [3.05, 3.63) is 12.7 Å². The maximum atomic E-state index is 11.4. The van der Waals surface area contributed by atoms with Crippen molar-refractivity contribution in [3.8, 4) is 0 Å². The van der Waals surface area contributed by atoms with Crippen LogP contribution in [0.3, 0.4) is 0 Å². The molecule has 1 fully saturated rings. The van der Waals surface area contributed by atoms with E-state index in [1.165, 1.54) is 20.8 Å². The Balaban J connectivity index is 3.02. The molecule has 5 atom stereocenters. The number of aliphatic hydroxyl groups is 1. The van der Waals surface area contributed by atoms with Gasteiger partial charge < -0.3 is 24.1 Å². The number of rotatable bonds is 7. The Morgan fingerprint density at radius 2 is 1.62 bits per heavy atom. The summed E-state index contributed by atoms with van der Waals surface area (Å²) in [5.74, 6) is -1.75. The van der Waals surface area contributed by atoms with Crippen molar-refractivity contribution in [2.75, 3.05) is 6.61 Å². The molecule has 0 spiro atoms. The molecular weight excluding hydrogens is 320 g/mol. The highest BCUT2D eigenvalue weighted by molar-refractivity contribution is 5.67. The first-order valence-electron chi connectivity index (χ1n) is 7.68. The van der Waals surface area contributed by atoms with E-state index in [2.05, 4.69) is 6.58 Å². The van der Waals surface area contributed by atoms with Gasteiger partial charge in [-0.25, -0.2) is 0 Å². The summed E-state index contributed by atoms with van der Waals surface area (Å²) in [5.41, 5.74) is 0. The quantitative estimate of drug-likeness (QED) is 0.404. The zero-order valence-corrected chi connectivity index (χ0v) is 14.1. The molecule has 0 radical (unpaired) electrons. The molecule has 0 unspecified atom stereocenters.